The number of rotatable bonds is 1. The fraction of sp³-hybridized carbons (Fsp3) is 0.250. The minimum Gasteiger partial charge on any atom is -0.287 e. The lowest BCUT2D eigenvalue weighted by Crippen LogP contribution is -2.05. The average molecular weight is 209 g/mol. The topological polar surface area (TPSA) is 14.1 Å². The molecule has 1 aromatic rings. The molecule has 0 saturated carbocycles. The van der Waals surface area contributed by atoms with E-state index >= 15 is 0 Å². The summed E-state index contributed by atoms with van der Waals surface area (Å²) in [6.07, 6.45) is -4.34. The smallest absolute Gasteiger partial charge is 0.287 e. The van der Waals surface area contributed by atoms with Crippen LogP contribution in [0.15, 0.2) is 18.2 Å². The summed E-state index contributed by atoms with van der Waals surface area (Å²) in [6, 6.07) is 3.03. The summed E-state index contributed by atoms with van der Waals surface area (Å²) >= 11 is 5.59. The summed E-state index contributed by atoms with van der Waals surface area (Å²) in [5.41, 5.74) is -0.589. The van der Waals surface area contributed by atoms with Crippen LogP contribution in [0.2, 0.25) is 5.02 Å². The molecule has 1 aromatic carbocycles. The summed E-state index contributed by atoms with van der Waals surface area (Å²) in [6.45, 7) is 0. The third-order valence-electron chi connectivity index (χ3n) is 1.51. The third-order valence-corrected chi connectivity index (χ3v) is 1.83. The molecule has 0 aliphatic carbocycles. The molecule has 1 nitrogen and oxygen atoms in total. The van der Waals surface area contributed by atoms with Crippen LogP contribution in [0, 0.1) is 0 Å². The fourth-order valence-corrected chi connectivity index (χ4v) is 1.06. The van der Waals surface area contributed by atoms with Gasteiger partial charge in [0.05, 0.1) is 16.3 Å². The molecule has 0 aliphatic heterocycles. The van der Waals surface area contributed by atoms with Crippen LogP contribution in [0.4, 0.5) is 18.9 Å². The summed E-state index contributed by atoms with van der Waals surface area (Å²) in [5, 5.41) is 3.83. The van der Waals surface area contributed by atoms with Gasteiger partial charge >= 0.3 is 6.18 Å². The number of benzene rings is 1. The zero-order valence-corrected chi connectivity index (χ0v) is 7.45. The first-order chi connectivity index (χ1) is 5.95. The fourth-order valence-electron chi connectivity index (χ4n) is 0.860. The molecule has 0 amide bonds. The highest BCUT2D eigenvalue weighted by atomic mass is 35.5. The second-order valence-corrected chi connectivity index (χ2v) is 2.79. The van der Waals surface area contributed by atoms with Gasteiger partial charge in [-0.2, -0.15) is 13.2 Å². The molecule has 0 heterocycles. The maximum atomic E-state index is 12.2. The lowest BCUT2D eigenvalue weighted by atomic mass is 10.2. The molecule has 0 N–H and O–H groups in total. The second kappa shape index (κ2) is 3.46. The molecular weight excluding hydrogens is 203 g/mol. The van der Waals surface area contributed by atoms with Gasteiger partial charge in [-0.1, -0.05) is 11.6 Å². The highest BCUT2D eigenvalue weighted by Gasteiger charge is 2.30. The number of halogens is 4. The van der Waals surface area contributed by atoms with Gasteiger partial charge in [0, 0.05) is 7.05 Å². The van der Waals surface area contributed by atoms with Crippen LogP contribution >= 0.6 is 11.6 Å². The van der Waals surface area contributed by atoms with E-state index in [1.54, 1.807) is 0 Å². The maximum absolute atomic E-state index is 12.2. The Kier molecular flexibility index (Phi) is 2.71. The molecule has 71 valence electrons. The first kappa shape index (κ1) is 10.2. The van der Waals surface area contributed by atoms with Gasteiger partial charge < -0.3 is 0 Å². The first-order valence-corrected chi connectivity index (χ1v) is 3.79. The maximum Gasteiger partial charge on any atom is 0.416 e. The Morgan fingerprint density at radius 3 is 2.38 bits per heavy atom. The Balaban J connectivity index is 3.14. The molecule has 5 heteroatoms. The van der Waals surface area contributed by atoms with Crippen LogP contribution < -0.4 is 5.32 Å². The zero-order valence-electron chi connectivity index (χ0n) is 6.69. The predicted octanol–water partition coefficient (Wildman–Crippen LogP) is 3.22. The van der Waals surface area contributed by atoms with E-state index in [-0.39, 0.29) is 10.7 Å². The summed E-state index contributed by atoms with van der Waals surface area (Å²) in [4.78, 5) is 0. The third kappa shape index (κ3) is 2.28. The summed E-state index contributed by atoms with van der Waals surface area (Å²) in [7, 11) is 1.39. The number of hydrogen-bond donors (Lipinski definition) is 0. The van der Waals surface area contributed by atoms with Crippen molar-refractivity contribution in [1.82, 2.24) is 5.32 Å². The molecule has 0 bridgehead atoms. The Bertz CT molecular complexity index is 309. The Morgan fingerprint density at radius 1 is 1.31 bits per heavy atom. The van der Waals surface area contributed by atoms with E-state index in [1.165, 1.54) is 13.1 Å². The van der Waals surface area contributed by atoms with E-state index in [1.807, 2.05) is 0 Å². The predicted molar refractivity (Wildman–Crippen MR) is 44.2 cm³/mol. The molecule has 0 aliphatic rings. The zero-order chi connectivity index (χ0) is 10.1. The van der Waals surface area contributed by atoms with Gasteiger partial charge in [-0.25, -0.2) is 0 Å². The largest absolute Gasteiger partial charge is 0.416 e. The number of hydrogen-bond acceptors (Lipinski definition) is 0. The van der Waals surface area contributed by atoms with Crippen LogP contribution in [0.1, 0.15) is 5.56 Å². The van der Waals surface area contributed by atoms with Crippen molar-refractivity contribution in [2.24, 2.45) is 0 Å². The Hall–Kier alpha value is -0.900. The molecule has 0 aromatic heterocycles. The van der Waals surface area contributed by atoms with Crippen molar-refractivity contribution in [1.29, 1.82) is 0 Å². The van der Waals surface area contributed by atoms with E-state index < -0.39 is 11.7 Å². The van der Waals surface area contributed by atoms with Crippen molar-refractivity contribution < 1.29 is 13.2 Å². The molecule has 0 atom stereocenters. The van der Waals surface area contributed by atoms with Gasteiger partial charge in [0.15, 0.2) is 0 Å². The molecule has 0 spiro atoms. The highest BCUT2D eigenvalue weighted by molar-refractivity contribution is 6.32. The number of nitrogens with zero attached hydrogens (tertiary/aromatic N) is 1. The van der Waals surface area contributed by atoms with Gasteiger partial charge in [-0.05, 0) is 18.2 Å². The first-order valence-electron chi connectivity index (χ1n) is 3.41. The summed E-state index contributed by atoms with van der Waals surface area (Å²) < 4.78 is 36.5. The molecule has 0 fully saturated rings. The Morgan fingerprint density at radius 2 is 1.92 bits per heavy atom. The van der Waals surface area contributed by atoms with Crippen LogP contribution in [-0.4, -0.2) is 7.05 Å². The minimum atomic E-state index is -4.34. The van der Waals surface area contributed by atoms with E-state index in [0.717, 1.165) is 12.1 Å². The highest BCUT2D eigenvalue weighted by Crippen LogP contribution is 2.33. The molecule has 1 radical (unpaired) electrons. The average Bonchev–Trinajstić information content (AvgIpc) is 2.03. The van der Waals surface area contributed by atoms with Gasteiger partial charge in [-0.15, -0.1) is 0 Å². The van der Waals surface area contributed by atoms with E-state index in [9.17, 15) is 13.2 Å². The molecule has 13 heavy (non-hydrogen) atoms. The lowest BCUT2D eigenvalue weighted by molar-refractivity contribution is -0.137. The molecule has 0 unspecified atom stereocenters. The standard InChI is InChI=1S/C8H6ClF3N/c1-13-7-4-5(8(10,11)12)2-3-6(7)9/h2-4H,1H3. The molecular formula is C8H6ClF3N. The van der Waals surface area contributed by atoms with Gasteiger partial charge in [0.1, 0.15) is 0 Å². The van der Waals surface area contributed by atoms with E-state index in [2.05, 4.69) is 5.32 Å². The molecule has 0 saturated heterocycles. The van der Waals surface area contributed by atoms with Crippen LogP contribution in [0.5, 0.6) is 0 Å². The minimum absolute atomic E-state index is 0.150. The van der Waals surface area contributed by atoms with Crippen molar-refractivity contribution in [3.05, 3.63) is 28.8 Å². The van der Waals surface area contributed by atoms with Crippen molar-refractivity contribution in [3.8, 4) is 0 Å². The van der Waals surface area contributed by atoms with Crippen molar-refractivity contribution in [2.75, 3.05) is 7.05 Å². The lowest BCUT2D eigenvalue weighted by Gasteiger charge is -2.08. The van der Waals surface area contributed by atoms with Gasteiger partial charge in [0.2, 0.25) is 0 Å². The van der Waals surface area contributed by atoms with Gasteiger partial charge in [-0.3, -0.25) is 5.32 Å². The van der Waals surface area contributed by atoms with E-state index in [4.69, 9.17) is 11.6 Å². The van der Waals surface area contributed by atoms with Crippen molar-refractivity contribution >= 4 is 17.3 Å². The molecule has 1 rings (SSSR count). The summed E-state index contributed by atoms with van der Waals surface area (Å²) in [5.74, 6) is 0. The SMILES string of the molecule is C[N]c1cc(C(F)(F)F)ccc1Cl. The normalized spacial score (nSPS) is 11.5. The number of alkyl halides is 3. The van der Waals surface area contributed by atoms with E-state index in [0.29, 0.717) is 0 Å². The van der Waals surface area contributed by atoms with Crippen LogP contribution in [-0.2, 0) is 6.18 Å². The van der Waals surface area contributed by atoms with Gasteiger partial charge in [0.25, 0.3) is 0 Å². The quantitative estimate of drug-likeness (QED) is 0.673. The van der Waals surface area contributed by atoms with Crippen molar-refractivity contribution in [2.45, 2.75) is 6.18 Å². The van der Waals surface area contributed by atoms with Crippen LogP contribution in [0.3, 0.4) is 0 Å². The monoisotopic (exact) mass is 208 g/mol. The second-order valence-electron chi connectivity index (χ2n) is 2.39. The van der Waals surface area contributed by atoms with Crippen LogP contribution in [0.25, 0.3) is 0 Å². The Labute approximate surface area is 78.5 Å². The van der Waals surface area contributed by atoms with Crippen molar-refractivity contribution in [3.63, 3.8) is 0 Å².